The Labute approximate surface area is 191 Å². The molecule has 5 heteroatoms. The number of benzene rings is 1. The third-order valence-electron chi connectivity index (χ3n) is 11.1. The van der Waals surface area contributed by atoms with Gasteiger partial charge in [0.25, 0.3) is 5.91 Å². The fraction of sp³-hybridized carbons (Fsp3) is 0.667. The lowest BCUT2D eigenvalue weighted by Gasteiger charge is -2.46. The van der Waals surface area contributed by atoms with Crippen molar-refractivity contribution in [1.82, 2.24) is 4.31 Å². The van der Waals surface area contributed by atoms with Crippen molar-refractivity contribution in [3.63, 3.8) is 0 Å². The molecular weight excluding hydrogens is 418 g/mol. The molecular formula is C27H33NO3S. The number of aryl methyl sites for hydroxylation is 1. The molecule has 7 rings (SSSR count). The maximum Gasteiger partial charge on any atom is 0.264 e. The second kappa shape index (κ2) is 5.89. The molecule has 1 aromatic rings. The van der Waals surface area contributed by atoms with Gasteiger partial charge in [-0.3, -0.25) is 4.79 Å². The van der Waals surface area contributed by atoms with E-state index in [4.69, 9.17) is 0 Å². The number of carbonyl (C=O) groups is 1. The van der Waals surface area contributed by atoms with Crippen molar-refractivity contribution in [3.05, 3.63) is 41.0 Å². The van der Waals surface area contributed by atoms with E-state index in [1.807, 2.05) is 0 Å². The van der Waals surface area contributed by atoms with Crippen LogP contribution >= 0.6 is 0 Å². The monoisotopic (exact) mass is 451 g/mol. The molecule has 0 radical (unpaired) electrons. The SMILES string of the molecule is Cc1ccc(C2=C(C(=O)N3[C@@H]4C[C@H]5CC[C@]4(CS3(=O)=O)C5(C)C)[C@@H]3[C@H]4CC[C@H](C4)[C@H]23)cc1. The molecule has 1 saturated heterocycles. The summed E-state index contributed by atoms with van der Waals surface area (Å²) in [6.45, 7) is 6.58. The van der Waals surface area contributed by atoms with Crippen LogP contribution in [0.1, 0.15) is 63.5 Å². The molecule has 32 heavy (non-hydrogen) atoms. The van der Waals surface area contributed by atoms with Gasteiger partial charge in [0.15, 0.2) is 0 Å². The van der Waals surface area contributed by atoms with Crippen LogP contribution in [0.4, 0.5) is 0 Å². The van der Waals surface area contributed by atoms with Crippen LogP contribution in [0.2, 0.25) is 0 Å². The predicted molar refractivity (Wildman–Crippen MR) is 124 cm³/mol. The Balaban J connectivity index is 1.35. The van der Waals surface area contributed by atoms with Crippen molar-refractivity contribution < 1.29 is 13.2 Å². The molecule has 0 N–H and O–H groups in total. The maximum atomic E-state index is 14.2. The number of allylic oxidation sites excluding steroid dienone is 1. The van der Waals surface area contributed by atoms with Gasteiger partial charge in [-0.25, -0.2) is 12.7 Å². The minimum Gasteiger partial charge on any atom is -0.268 e. The van der Waals surface area contributed by atoms with Crippen molar-refractivity contribution in [2.75, 3.05) is 5.75 Å². The van der Waals surface area contributed by atoms with Crippen LogP contribution in [-0.2, 0) is 14.8 Å². The van der Waals surface area contributed by atoms with Crippen LogP contribution in [0.15, 0.2) is 29.8 Å². The van der Waals surface area contributed by atoms with Gasteiger partial charge in [-0.2, -0.15) is 0 Å². The minimum atomic E-state index is -3.59. The smallest absolute Gasteiger partial charge is 0.264 e. The lowest BCUT2D eigenvalue weighted by molar-refractivity contribution is -0.126. The summed E-state index contributed by atoms with van der Waals surface area (Å²) in [4.78, 5) is 14.2. The number of hydrogen-bond donors (Lipinski definition) is 0. The van der Waals surface area contributed by atoms with E-state index < -0.39 is 10.0 Å². The van der Waals surface area contributed by atoms with E-state index in [1.165, 1.54) is 34.7 Å². The van der Waals surface area contributed by atoms with Crippen LogP contribution in [0.25, 0.3) is 5.57 Å². The number of sulfonamides is 1. The zero-order valence-corrected chi connectivity index (χ0v) is 20.1. The summed E-state index contributed by atoms with van der Waals surface area (Å²) < 4.78 is 28.5. The molecule has 1 aromatic carbocycles. The van der Waals surface area contributed by atoms with E-state index in [0.717, 1.165) is 30.4 Å². The van der Waals surface area contributed by atoms with Gasteiger partial charge >= 0.3 is 0 Å². The maximum absolute atomic E-state index is 14.2. The van der Waals surface area contributed by atoms with E-state index in [1.54, 1.807) is 0 Å². The summed E-state index contributed by atoms with van der Waals surface area (Å²) in [6, 6.07) is 8.37. The number of fused-ring (bicyclic) bond motifs is 6. The van der Waals surface area contributed by atoms with Crippen molar-refractivity contribution in [3.8, 4) is 0 Å². The normalized spacial score (nSPS) is 44.0. The number of nitrogens with zero attached hydrogens (tertiary/aromatic N) is 1. The van der Waals surface area contributed by atoms with E-state index in [0.29, 0.717) is 23.7 Å². The highest BCUT2D eigenvalue weighted by Gasteiger charge is 2.73. The first-order chi connectivity index (χ1) is 15.2. The van der Waals surface area contributed by atoms with E-state index >= 15 is 0 Å². The van der Waals surface area contributed by atoms with Gasteiger partial charge in [-0.1, -0.05) is 43.7 Å². The minimum absolute atomic E-state index is 0.0114. The second-order valence-corrected chi connectivity index (χ2v) is 14.1. The standard InChI is InChI=1S/C27H33NO3S/c1-15-4-6-16(7-5-15)21-22-17-8-9-18(12-17)23(22)24(21)25(29)28-20-13-19-10-11-27(20,26(19,2)3)14-32(28,30)31/h4-7,17-20,22-23H,8-14H2,1-3H3/t17-,18+,19-,20-,22-,23-,27-/m1/s1. The van der Waals surface area contributed by atoms with E-state index in [-0.39, 0.29) is 34.4 Å². The van der Waals surface area contributed by atoms with Gasteiger partial charge in [0.2, 0.25) is 10.0 Å². The van der Waals surface area contributed by atoms with Crippen molar-refractivity contribution in [2.24, 2.45) is 40.4 Å². The largest absolute Gasteiger partial charge is 0.268 e. The molecule has 0 unspecified atom stereocenters. The molecule has 7 atom stereocenters. The third kappa shape index (κ3) is 2.11. The summed E-state index contributed by atoms with van der Waals surface area (Å²) >= 11 is 0. The average molecular weight is 452 g/mol. The molecule has 5 fully saturated rings. The highest BCUT2D eigenvalue weighted by Crippen LogP contribution is 2.71. The zero-order chi connectivity index (χ0) is 22.2. The molecule has 1 heterocycles. The Morgan fingerprint density at radius 1 is 1.00 bits per heavy atom. The van der Waals surface area contributed by atoms with Crippen molar-refractivity contribution in [2.45, 2.75) is 65.3 Å². The highest BCUT2D eigenvalue weighted by molar-refractivity contribution is 7.90. The predicted octanol–water partition coefficient (Wildman–Crippen LogP) is 4.79. The van der Waals surface area contributed by atoms with Gasteiger partial charge in [0.1, 0.15) is 0 Å². The summed E-state index contributed by atoms with van der Waals surface area (Å²) in [7, 11) is -3.59. The molecule has 1 amide bonds. The van der Waals surface area contributed by atoms with Gasteiger partial charge in [-0.15, -0.1) is 0 Å². The summed E-state index contributed by atoms with van der Waals surface area (Å²) in [5.74, 6) is 2.48. The van der Waals surface area contributed by atoms with Crippen molar-refractivity contribution >= 4 is 21.5 Å². The van der Waals surface area contributed by atoms with Crippen LogP contribution in [0.3, 0.4) is 0 Å². The van der Waals surface area contributed by atoms with Crippen LogP contribution in [-0.4, -0.2) is 30.4 Å². The summed E-state index contributed by atoms with van der Waals surface area (Å²) in [6.07, 6.45) is 6.55. The van der Waals surface area contributed by atoms with Gasteiger partial charge in [0, 0.05) is 11.0 Å². The molecule has 4 saturated carbocycles. The lowest BCUT2D eigenvalue weighted by Crippen LogP contribution is -2.49. The van der Waals surface area contributed by atoms with Gasteiger partial charge < -0.3 is 0 Å². The molecule has 6 aliphatic rings. The quantitative estimate of drug-likeness (QED) is 0.650. The Kier molecular flexibility index (Phi) is 3.65. The van der Waals surface area contributed by atoms with E-state index in [9.17, 15) is 13.2 Å². The number of amides is 1. The van der Waals surface area contributed by atoms with Gasteiger partial charge in [-0.05, 0) is 91.6 Å². The number of hydrogen-bond acceptors (Lipinski definition) is 3. The van der Waals surface area contributed by atoms with Crippen LogP contribution in [0, 0.1) is 47.3 Å². The third-order valence-corrected chi connectivity index (χ3v) is 13.0. The zero-order valence-electron chi connectivity index (χ0n) is 19.3. The first kappa shape index (κ1) is 19.8. The molecule has 5 aliphatic carbocycles. The van der Waals surface area contributed by atoms with Crippen LogP contribution in [0.5, 0.6) is 0 Å². The highest BCUT2D eigenvalue weighted by atomic mass is 32.2. The van der Waals surface area contributed by atoms with Crippen LogP contribution < -0.4 is 0 Å². The first-order valence-corrected chi connectivity index (χ1v) is 14.1. The molecule has 1 spiro atoms. The van der Waals surface area contributed by atoms with Crippen molar-refractivity contribution in [1.29, 1.82) is 0 Å². The Morgan fingerprint density at radius 3 is 2.38 bits per heavy atom. The second-order valence-electron chi connectivity index (χ2n) is 12.3. The molecule has 0 aromatic heterocycles. The fourth-order valence-corrected chi connectivity index (χ4v) is 11.9. The Bertz CT molecular complexity index is 1180. The molecule has 170 valence electrons. The Hall–Kier alpha value is -1.62. The molecule has 4 nitrogen and oxygen atoms in total. The van der Waals surface area contributed by atoms with E-state index in [2.05, 4.69) is 45.0 Å². The summed E-state index contributed by atoms with van der Waals surface area (Å²) in [5, 5.41) is 0. The molecule has 4 bridgehead atoms. The number of rotatable bonds is 2. The topological polar surface area (TPSA) is 54.5 Å². The summed E-state index contributed by atoms with van der Waals surface area (Å²) in [5.41, 5.74) is 4.10. The number of carbonyl (C=O) groups excluding carboxylic acids is 1. The fourth-order valence-electron chi connectivity index (χ4n) is 9.40. The first-order valence-electron chi connectivity index (χ1n) is 12.5. The lowest BCUT2D eigenvalue weighted by atomic mass is 9.59. The average Bonchev–Trinajstić information content (AvgIpc) is 3.44. The Morgan fingerprint density at radius 2 is 1.69 bits per heavy atom. The van der Waals surface area contributed by atoms with Gasteiger partial charge in [0.05, 0.1) is 11.8 Å². The molecule has 1 aliphatic heterocycles.